The van der Waals surface area contributed by atoms with Crippen molar-refractivity contribution < 1.29 is 9.47 Å². The largest absolute Gasteiger partial charge is 0.382 e. The van der Waals surface area contributed by atoms with E-state index in [2.05, 4.69) is 68.7 Å². The molecule has 28 heavy (non-hydrogen) atoms. The number of benzene rings is 2. The summed E-state index contributed by atoms with van der Waals surface area (Å²) in [6.45, 7) is 1.82. The molecular formula is C23H27BrN2O2. The van der Waals surface area contributed by atoms with Gasteiger partial charge in [-0.25, -0.2) is 0 Å². The van der Waals surface area contributed by atoms with Crippen molar-refractivity contribution in [1.82, 2.24) is 4.98 Å². The molecular weight excluding hydrogens is 416 g/mol. The van der Waals surface area contributed by atoms with Gasteiger partial charge in [-0.3, -0.25) is 0 Å². The van der Waals surface area contributed by atoms with E-state index in [4.69, 9.17) is 9.47 Å². The lowest BCUT2D eigenvalue weighted by Gasteiger charge is -2.16. The summed E-state index contributed by atoms with van der Waals surface area (Å²) in [5.41, 5.74) is 5.85. The molecule has 148 valence electrons. The zero-order chi connectivity index (χ0) is 19.3. The highest BCUT2D eigenvalue weighted by Gasteiger charge is 2.17. The average Bonchev–Trinajstić information content (AvgIpc) is 3.36. The molecule has 0 radical (unpaired) electrons. The van der Waals surface area contributed by atoms with Crippen molar-refractivity contribution in [2.24, 2.45) is 0 Å². The molecule has 4 rings (SSSR count). The zero-order valence-corrected chi connectivity index (χ0v) is 17.8. The van der Waals surface area contributed by atoms with Crippen LogP contribution in [0.4, 0.5) is 5.69 Å². The third kappa shape index (κ3) is 4.59. The molecule has 1 aliphatic carbocycles. The number of nitrogens with one attached hydrogen (secondary N) is 2. The van der Waals surface area contributed by atoms with Crippen LogP contribution in [0.3, 0.4) is 0 Å². The summed E-state index contributed by atoms with van der Waals surface area (Å²) in [5.74, 6) is 0. The van der Waals surface area contributed by atoms with Gasteiger partial charge in [-0.2, -0.15) is 0 Å². The van der Waals surface area contributed by atoms with Gasteiger partial charge in [0.05, 0.1) is 31.0 Å². The van der Waals surface area contributed by atoms with E-state index in [9.17, 15) is 0 Å². The number of halogens is 1. The molecule has 1 aliphatic rings. The van der Waals surface area contributed by atoms with Crippen molar-refractivity contribution in [3.05, 3.63) is 52.5 Å². The van der Waals surface area contributed by atoms with E-state index in [-0.39, 0.29) is 0 Å². The molecule has 0 amide bonds. The molecule has 1 aromatic heterocycles. The van der Waals surface area contributed by atoms with Crippen LogP contribution < -0.4 is 5.32 Å². The monoisotopic (exact) mass is 442 g/mol. The Hall–Kier alpha value is -1.82. The van der Waals surface area contributed by atoms with Gasteiger partial charge in [-0.05, 0) is 54.3 Å². The summed E-state index contributed by atoms with van der Waals surface area (Å²) >= 11 is 3.51. The molecule has 2 N–H and O–H groups in total. The van der Waals surface area contributed by atoms with E-state index in [1.807, 2.05) is 0 Å². The van der Waals surface area contributed by atoms with Crippen molar-refractivity contribution in [2.75, 3.05) is 25.6 Å². The number of hydrogen-bond acceptors (Lipinski definition) is 3. The Balaban J connectivity index is 1.66. The van der Waals surface area contributed by atoms with Gasteiger partial charge < -0.3 is 19.8 Å². The van der Waals surface area contributed by atoms with Crippen molar-refractivity contribution in [2.45, 2.75) is 38.3 Å². The molecule has 4 nitrogen and oxygen atoms in total. The molecule has 0 unspecified atom stereocenters. The number of anilines is 1. The van der Waals surface area contributed by atoms with Crippen molar-refractivity contribution in [3.63, 3.8) is 0 Å². The van der Waals surface area contributed by atoms with Crippen LogP contribution in [-0.2, 0) is 16.1 Å². The molecule has 3 aromatic rings. The maximum atomic E-state index is 5.77. The predicted octanol–water partition coefficient (Wildman–Crippen LogP) is 6.11. The highest BCUT2D eigenvalue weighted by atomic mass is 79.9. The van der Waals surface area contributed by atoms with Gasteiger partial charge in [0.15, 0.2) is 0 Å². The summed E-state index contributed by atoms with van der Waals surface area (Å²) in [5, 5.41) is 4.99. The Kier molecular flexibility index (Phi) is 6.35. The molecule has 5 heteroatoms. The highest BCUT2D eigenvalue weighted by Crippen LogP contribution is 2.33. The highest BCUT2D eigenvalue weighted by molar-refractivity contribution is 9.10. The number of methoxy groups -OCH3 is 1. The SMILES string of the molecule is COCCOCc1cc(NC2CCCC2)c2[nH]c(-c3ccc(Br)cc3)cc2c1. The summed E-state index contributed by atoms with van der Waals surface area (Å²) < 4.78 is 11.9. The number of rotatable bonds is 8. The van der Waals surface area contributed by atoms with Crippen LogP contribution in [0.5, 0.6) is 0 Å². The van der Waals surface area contributed by atoms with E-state index < -0.39 is 0 Å². The van der Waals surface area contributed by atoms with Gasteiger partial charge >= 0.3 is 0 Å². The first-order chi connectivity index (χ1) is 13.7. The summed E-state index contributed by atoms with van der Waals surface area (Å²) in [7, 11) is 1.70. The van der Waals surface area contributed by atoms with Crippen LogP contribution >= 0.6 is 15.9 Å². The van der Waals surface area contributed by atoms with Gasteiger partial charge in [0.25, 0.3) is 0 Å². The van der Waals surface area contributed by atoms with Crippen LogP contribution in [-0.4, -0.2) is 31.3 Å². The van der Waals surface area contributed by atoms with Crippen LogP contribution in [0.1, 0.15) is 31.2 Å². The lowest BCUT2D eigenvalue weighted by atomic mass is 10.1. The summed E-state index contributed by atoms with van der Waals surface area (Å²) in [6, 6.07) is 15.7. The second-order valence-electron chi connectivity index (χ2n) is 7.47. The summed E-state index contributed by atoms with van der Waals surface area (Å²) in [4.78, 5) is 3.64. The van der Waals surface area contributed by atoms with Gasteiger partial charge in [0.2, 0.25) is 0 Å². The predicted molar refractivity (Wildman–Crippen MR) is 119 cm³/mol. The first kappa shape index (κ1) is 19.5. The number of aromatic nitrogens is 1. The van der Waals surface area contributed by atoms with Gasteiger partial charge in [-0.15, -0.1) is 0 Å². The van der Waals surface area contributed by atoms with Crippen LogP contribution in [0.15, 0.2) is 46.9 Å². The van der Waals surface area contributed by atoms with E-state index in [1.54, 1.807) is 7.11 Å². The van der Waals surface area contributed by atoms with Crippen LogP contribution in [0.25, 0.3) is 22.2 Å². The molecule has 0 spiro atoms. The van der Waals surface area contributed by atoms with Crippen LogP contribution in [0.2, 0.25) is 0 Å². The Morgan fingerprint density at radius 3 is 2.61 bits per heavy atom. The Morgan fingerprint density at radius 2 is 1.86 bits per heavy atom. The van der Waals surface area contributed by atoms with Crippen molar-refractivity contribution in [1.29, 1.82) is 0 Å². The maximum Gasteiger partial charge on any atom is 0.0719 e. The minimum Gasteiger partial charge on any atom is -0.382 e. The lowest BCUT2D eigenvalue weighted by Crippen LogP contribution is -2.15. The number of fused-ring (bicyclic) bond motifs is 1. The third-order valence-electron chi connectivity index (χ3n) is 5.36. The van der Waals surface area contributed by atoms with Gasteiger partial charge in [0.1, 0.15) is 0 Å². The Labute approximate surface area is 174 Å². The fourth-order valence-electron chi connectivity index (χ4n) is 3.91. The quantitative estimate of drug-likeness (QED) is 0.413. The maximum absolute atomic E-state index is 5.77. The molecule has 1 saturated carbocycles. The summed E-state index contributed by atoms with van der Waals surface area (Å²) in [6.07, 6.45) is 5.12. The molecule has 1 heterocycles. The first-order valence-corrected chi connectivity index (χ1v) is 10.8. The second-order valence-corrected chi connectivity index (χ2v) is 8.38. The average molecular weight is 443 g/mol. The standard InChI is InChI=1S/C23H27BrN2O2/c1-27-10-11-28-15-16-12-18-14-21(17-6-8-19(24)9-7-17)26-23(18)22(13-16)25-20-4-2-3-5-20/h6-9,12-14,20,25-26H,2-5,10-11,15H2,1H3. The Bertz CT molecular complexity index is 914. The number of H-pyrrole nitrogens is 1. The van der Waals surface area contributed by atoms with Crippen molar-refractivity contribution in [3.8, 4) is 11.3 Å². The zero-order valence-electron chi connectivity index (χ0n) is 16.3. The Morgan fingerprint density at radius 1 is 1.07 bits per heavy atom. The molecule has 0 aliphatic heterocycles. The van der Waals surface area contributed by atoms with Crippen molar-refractivity contribution >= 4 is 32.5 Å². The molecule has 1 fully saturated rings. The lowest BCUT2D eigenvalue weighted by molar-refractivity contribution is 0.0617. The smallest absolute Gasteiger partial charge is 0.0719 e. The molecule has 2 aromatic carbocycles. The van der Waals surface area contributed by atoms with E-state index in [1.165, 1.54) is 53.4 Å². The topological polar surface area (TPSA) is 46.3 Å². The molecule has 0 saturated heterocycles. The fourth-order valence-corrected chi connectivity index (χ4v) is 4.18. The van der Waals surface area contributed by atoms with E-state index >= 15 is 0 Å². The van der Waals surface area contributed by atoms with Gasteiger partial charge in [-0.1, -0.05) is 40.9 Å². The minimum atomic E-state index is 0.562. The third-order valence-corrected chi connectivity index (χ3v) is 5.89. The van der Waals surface area contributed by atoms with Gasteiger partial charge in [0, 0.05) is 28.7 Å². The minimum absolute atomic E-state index is 0.562. The van der Waals surface area contributed by atoms with Crippen LogP contribution in [0, 0.1) is 0 Å². The number of ether oxygens (including phenoxy) is 2. The molecule has 0 atom stereocenters. The van der Waals surface area contributed by atoms with E-state index in [0.29, 0.717) is 25.9 Å². The molecule has 0 bridgehead atoms. The first-order valence-electron chi connectivity index (χ1n) is 9.98. The fraction of sp³-hybridized carbons (Fsp3) is 0.391. The second kappa shape index (κ2) is 9.12. The number of aromatic amines is 1. The number of hydrogen-bond donors (Lipinski definition) is 2. The normalized spacial score (nSPS) is 14.8. The van der Waals surface area contributed by atoms with E-state index in [0.717, 1.165) is 10.2 Å².